The highest BCUT2D eigenvalue weighted by molar-refractivity contribution is 6.31. The van der Waals surface area contributed by atoms with Gasteiger partial charge in [-0.15, -0.1) is 0 Å². The van der Waals surface area contributed by atoms with E-state index in [9.17, 15) is 4.79 Å². The van der Waals surface area contributed by atoms with Crippen LogP contribution < -0.4 is 20.3 Å². The first-order valence-electron chi connectivity index (χ1n) is 12.6. The average molecular weight is 549 g/mol. The Morgan fingerprint density at radius 3 is 2.62 bits per heavy atom. The first-order valence-corrected chi connectivity index (χ1v) is 13.0. The van der Waals surface area contributed by atoms with Gasteiger partial charge in [-0.05, 0) is 43.3 Å². The Labute approximate surface area is 231 Å². The molecule has 3 aromatic heterocycles. The molecule has 0 atom stereocenters. The van der Waals surface area contributed by atoms with Crippen molar-refractivity contribution in [2.75, 3.05) is 55.4 Å². The minimum absolute atomic E-state index is 0.104. The van der Waals surface area contributed by atoms with Crippen LogP contribution in [-0.2, 0) is 4.79 Å². The lowest BCUT2D eigenvalue weighted by Gasteiger charge is -2.34. The SMILES string of the molecule is CCNc1nc(-c2cc(Cl)cc(OC)c2)c(-c2ccnc(Nc3ccc(N4CCN(C(C)=O)CC4)nc3)n2)o1. The van der Waals surface area contributed by atoms with E-state index in [4.69, 9.17) is 20.8 Å². The van der Waals surface area contributed by atoms with Crippen LogP contribution in [-0.4, -0.2) is 70.6 Å². The van der Waals surface area contributed by atoms with E-state index in [0.29, 0.717) is 59.5 Å². The number of benzene rings is 1. The molecule has 12 heteroatoms. The molecule has 0 bridgehead atoms. The van der Waals surface area contributed by atoms with Gasteiger partial charge < -0.3 is 29.6 Å². The molecule has 4 heterocycles. The van der Waals surface area contributed by atoms with Gasteiger partial charge in [-0.2, -0.15) is 4.98 Å². The molecule has 0 unspecified atom stereocenters. The third-order valence-electron chi connectivity index (χ3n) is 6.28. The summed E-state index contributed by atoms with van der Waals surface area (Å²) in [5.74, 6) is 2.43. The van der Waals surface area contributed by atoms with E-state index in [1.807, 2.05) is 30.0 Å². The molecule has 1 fully saturated rings. The number of methoxy groups -OCH3 is 1. The number of amides is 1. The molecule has 0 radical (unpaired) electrons. The average Bonchev–Trinajstić information content (AvgIpc) is 3.38. The van der Waals surface area contributed by atoms with Crippen molar-refractivity contribution in [2.24, 2.45) is 0 Å². The van der Waals surface area contributed by atoms with Crippen molar-refractivity contribution in [3.63, 3.8) is 0 Å². The first-order chi connectivity index (χ1) is 18.9. The highest BCUT2D eigenvalue weighted by atomic mass is 35.5. The van der Waals surface area contributed by atoms with Crippen LogP contribution in [0.3, 0.4) is 0 Å². The van der Waals surface area contributed by atoms with Gasteiger partial charge in [0.15, 0.2) is 5.76 Å². The lowest BCUT2D eigenvalue weighted by Crippen LogP contribution is -2.48. The number of carbonyl (C=O) groups is 1. The van der Waals surface area contributed by atoms with Gasteiger partial charge in [0.05, 0.1) is 19.0 Å². The summed E-state index contributed by atoms with van der Waals surface area (Å²) in [7, 11) is 1.58. The quantitative estimate of drug-likeness (QED) is 0.320. The lowest BCUT2D eigenvalue weighted by atomic mass is 10.1. The van der Waals surface area contributed by atoms with E-state index >= 15 is 0 Å². The number of pyridine rings is 1. The van der Waals surface area contributed by atoms with Gasteiger partial charge in [-0.3, -0.25) is 4.79 Å². The summed E-state index contributed by atoms with van der Waals surface area (Å²) in [5, 5.41) is 6.84. The highest BCUT2D eigenvalue weighted by Crippen LogP contribution is 2.36. The highest BCUT2D eigenvalue weighted by Gasteiger charge is 2.21. The van der Waals surface area contributed by atoms with Crippen LogP contribution >= 0.6 is 11.6 Å². The number of anilines is 4. The molecule has 1 saturated heterocycles. The third-order valence-corrected chi connectivity index (χ3v) is 6.50. The smallest absolute Gasteiger partial charge is 0.295 e. The summed E-state index contributed by atoms with van der Waals surface area (Å²) in [4.78, 5) is 33.9. The van der Waals surface area contributed by atoms with E-state index in [1.54, 1.807) is 44.6 Å². The fourth-order valence-corrected chi connectivity index (χ4v) is 4.53. The Morgan fingerprint density at radius 2 is 1.92 bits per heavy atom. The molecule has 0 saturated carbocycles. The maximum atomic E-state index is 11.6. The van der Waals surface area contributed by atoms with Gasteiger partial charge in [0, 0.05) is 56.4 Å². The Kier molecular flexibility index (Phi) is 7.78. The maximum absolute atomic E-state index is 11.6. The van der Waals surface area contributed by atoms with E-state index in [-0.39, 0.29) is 5.91 Å². The number of carbonyl (C=O) groups excluding carboxylic acids is 1. The number of nitrogens with zero attached hydrogens (tertiary/aromatic N) is 6. The van der Waals surface area contributed by atoms with Crippen LogP contribution in [0.2, 0.25) is 5.02 Å². The molecule has 11 nitrogen and oxygen atoms in total. The second-order valence-electron chi connectivity index (χ2n) is 8.90. The first kappa shape index (κ1) is 26.2. The molecule has 202 valence electrons. The van der Waals surface area contributed by atoms with Crippen molar-refractivity contribution in [1.29, 1.82) is 0 Å². The fourth-order valence-electron chi connectivity index (χ4n) is 4.31. The van der Waals surface area contributed by atoms with E-state index < -0.39 is 0 Å². The minimum Gasteiger partial charge on any atom is -0.497 e. The van der Waals surface area contributed by atoms with Gasteiger partial charge >= 0.3 is 0 Å². The molecular weight excluding hydrogens is 520 g/mol. The summed E-state index contributed by atoms with van der Waals surface area (Å²) in [6.45, 7) is 7.09. The standard InChI is InChI=1S/C27H29ClN8O3/c1-4-29-27-34-24(18-13-19(28)15-21(14-18)38-3)25(39-27)22-7-8-30-26(33-22)32-20-5-6-23(31-16-20)36-11-9-35(10-12-36)17(2)37/h5-8,13-16H,4,9-12H2,1-3H3,(H,29,34)(H,30,32,33). The zero-order valence-electron chi connectivity index (χ0n) is 21.9. The molecule has 1 aliphatic rings. The Bertz CT molecular complexity index is 1450. The molecule has 2 N–H and O–H groups in total. The van der Waals surface area contributed by atoms with Gasteiger partial charge in [-0.1, -0.05) is 11.6 Å². The molecule has 39 heavy (non-hydrogen) atoms. The van der Waals surface area contributed by atoms with Crippen LogP contribution in [0.4, 0.5) is 23.5 Å². The van der Waals surface area contributed by atoms with Crippen molar-refractivity contribution < 1.29 is 13.9 Å². The lowest BCUT2D eigenvalue weighted by molar-refractivity contribution is -0.129. The van der Waals surface area contributed by atoms with Crippen LogP contribution in [0, 0.1) is 0 Å². The zero-order chi connectivity index (χ0) is 27.4. The topological polar surface area (TPSA) is 122 Å². The van der Waals surface area contributed by atoms with Crippen molar-refractivity contribution in [3.8, 4) is 28.5 Å². The number of piperazine rings is 1. The van der Waals surface area contributed by atoms with Gasteiger partial charge in [0.1, 0.15) is 23.0 Å². The minimum atomic E-state index is 0.104. The number of rotatable bonds is 8. The predicted octanol–water partition coefficient (Wildman–Crippen LogP) is 4.70. The number of hydrogen-bond acceptors (Lipinski definition) is 10. The Hall–Kier alpha value is -4.38. The second-order valence-corrected chi connectivity index (χ2v) is 9.33. The summed E-state index contributed by atoms with van der Waals surface area (Å²) < 4.78 is 11.4. The van der Waals surface area contributed by atoms with Crippen LogP contribution in [0.5, 0.6) is 5.75 Å². The van der Waals surface area contributed by atoms with Gasteiger partial charge in [0.2, 0.25) is 11.9 Å². The number of hydrogen-bond donors (Lipinski definition) is 2. The maximum Gasteiger partial charge on any atom is 0.295 e. The predicted molar refractivity (Wildman–Crippen MR) is 151 cm³/mol. The normalized spacial score (nSPS) is 13.3. The molecular formula is C27H29ClN8O3. The zero-order valence-corrected chi connectivity index (χ0v) is 22.7. The fraction of sp³-hybridized carbons (Fsp3) is 0.296. The number of oxazole rings is 1. The van der Waals surface area contributed by atoms with Gasteiger partial charge in [-0.25, -0.2) is 15.0 Å². The second kappa shape index (κ2) is 11.6. The monoisotopic (exact) mass is 548 g/mol. The Morgan fingerprint density at radius 1 is 1.10 bits per heavy atom. The molecule has 1 aromatic carbocycles. The van der Waals surface area contributed by atoms with E-state index in [2.05, 4.69) is 35.5 Å². The van der Waals surface area contributed by atoms with Gasteiger partial charge in [0.25, 0.3) is 6.01 Å². The van der Waals surface area contributed by atoms with Crippen LogP contribution in [0.15, 0.2) is 53.2 Å². The number of nitrogens with one attached hydrogen (secondary N) is 2. The van der Waals surface area contributed by atoms with Crippen molar-refractivity contribution in [3.05, 3.63) is 53.8 Å². The van der Waals surface area contributed by atoms with Crippen molar-refractivity contribution >= 4 is 41.0 Å². The molecule has 4 aromatic rings. The molecule has 1 amide bonds. The Balaban J connectivity index is 1.37. The third kappa shape index (κ3) is 6.04. The molecule has 1 aliphatic heterocycles. The number of ether oxygens (including phenoxy) is 1. The van der Waals surface area contributed by atoms with Crippen molar-refractivity contribution in [1.82, 2.24) is 24.8 Å². The molecule has 0 aliphatic carbocycles. The largest absolute Gasteiger partial charge is 0.497 e. The van der Waals surface area contributed by atoms with E-state index in [0.717, 1.165) is 30.2 Å². The van der Waals surface area contributed by atoms with Crippen LogP contribution in [0.1, 0.15) is 13.8 Å². The number of halogens is 1. The summed E-state index contributed by atoms with van der Waals surface area (Å²) in [5.41, 5.74) is 2.60. The molecule has 5 rings (SSSR count). The number of aromatic nitrogens is 4. The van der Waals surface area contributed by atoms with Crippen LogP contribution in [0.25, 0.3) is 22.7 Å². The summed E-state index contributed by atoms with van der Waals surface area (Å²) >= 11 is 6.33. The van der Waals surface area contributed by atoms with Crippen molar-refractivity contribution in [2.45, 2.75) is 13.8 Å². The summed E-state index contributed by atoms with van der Waals surface area (Å²) in [6, 6.07) is 11.4. The summed E-state index contributed by atoms with van der Waals surface area (Å²) in [6.07, 6.45) is 3.39. The van der Waals surface area contributed by atoms with E-state index in [1.165, 1.54) is 0 Å². The molecule has 0 spiro atoms.